The molecule has 1 heterocycles. The number of hydrogen-bond donors (Lipinski definition) is 2. The normalized spacial score (nSPS) is 13.1. The highest BCUT2D eigenvalue weighted by Crippen LogP contribution is 2.29. The molecule has 134 valence electrons. The van der Waals surface area contributed by atoms with E-state index in [1.54, 1.807) is 48.5 Å². The first kappa shape index (κ1) is 16.8. The van der Waals surface area contributed by atoms with Crippen molar-refractivity contribution < 1.29 is 14.4 Å². The summed E-state index contributed by atoms with van der Waals surface area (Å²) in [4.78, 5) is 39.0. The number of nitrogen functional groups attached to an aromatic ring is 1. The molecule has 3 amide bonds. The fraction of sp³-hybridized carbons (Fsp3) is 0.0952. The number of nitrogens with two attached hydrogens (primary N) is 1. The Kier molecular flexibility index (Phi) is 4.08. The van der Waals surface area contributed by atoms with Crippen molar-refractivity contribution in [3.63, 3.8) is 0 Å². The van der Waals surface area contributed by atoms with E-state index < -0.39 is 0 Å². The average Bonchev–Trinajstić information content (AvgIpc) is 2.68. The van der Waals surface area contributed by atoms with E-state index in [-0.39, 0.29) is 30.8 Å². The van der Waals surface area contributed by atoms with Crippen LogP contribution < -0.4 is 11.1 Å². The Morgan fingerprint density at radius 1 is 0.889 bits per heavy atom. The Morgan fingerprint density at radius 2 is 1.52 bits per heavy atom. The molecule has 3 N–H and O–H groups in total. The summed E-state index contributed by atoms with van der Waals surface area (Å²) in [5, 5.41) is 4.26. The number of nitrogens with one attached hydrogen (secondary N) is 1. The van der Waals surface area contributed by atoms with Gasteiger partial charge in [0.25, 0.3) is 17.7 Å². The molecule has 0 radical (unpaired) electrons. The van der Waals surface area contributed by atoms with Crippen LogP contribution in [0.5, 0.6) is 0 Å². The number of amides is 3. The Hall–Kier alpha value is -3.67. The highest BCUT2D eigenvalue weighted by atomic mass is 16.2. The molecule has 0 fully saturated rings. The van der Waals surface area contributed by atoms with Crippen molar-refractivity contribution in [1.29, 1.82) is 0 Å². The summed E-state index contributed by atoms with van der Waals surface area (Å²) in [5.41, 5.74) is 7.54. The quantitative estimate of drug-likeness (QED) is 0.553. The molecule has 4 rings (SSSR count). The first-order valence-electron chi connectivity index (χ1n) is 8.58. The Balaban J connectivity index is 1.52. The van der Waals surface area contributed by atoms with Crippen LogP contribution in [0.1, 0.15) is 31.1 Å². The van der Waals surface area contributed by atoms with Crippen molar-refractivity contribution in [1.82, 2.24) is 10.2 Å². The van der Waals surface area contributed by atoms with Gasteiger partial charge in [-0.3, -0.25) is 19.3 Å². The zero-order chi connectivity index (χ0) is 19.0. The molecule has 3 aromatic carbocycles. The van der Waals surface area contributed by atoms with Crippen LogP contribution >= 0.6 is 0 Å². The Labute approximate surface area is 155 Å². The summed E-state index contributed by atoms with van der Waals surface area (Å²) in [6, 6.07) is 17.5. The lowest BCUT2D eigenvalue weighted by Crippen LogP contribution is -2.44. The molecule has 0 saturated carbocycles. The molecule has 0 atom stereocenters. The predicted octanol–water partition coefficient (Wildman–Crippen LogP) is 2.45. The van der Waals surface area contributed by atoms with Gasteiger partial charge in [0.15, 0.2) is 0 Å². The van der Waals surface area contributed by atoms with E-state index >= 15 is 0 Å². The number of carbonyl (C=O) groups excluding carboxylic acids is 3. The van der Waals surface area contributed by atoms with Crippen molar-refractivity contribution in [2.45, 2.75) is 0 Å². The molecule has 0 saturated heterocycles. The fourth-order valence-corrected chi connectivity index (χ4v) is 3.36. The number of rotatable bonds is 4. The molecule has 27 heavy (non-hydrogen) atoms. The number of para-hydroxylation sites is 1. The van der Waals surface area contributed by atoms with E-state index in [2.05, 4.69) is 5.32 Å². The van der Waals surface area contributed by atoms with Crippen molar-refractivity contribution in [2.24, 2.45) is 0 Å². The molecule has 0 bridgehead atoms. The van der Waals surface area contributed by atoms with Crippen LogP contribution in [-0.4, -0.2) is 35.7 Å². The highest BCUT2D eigenvalue weighted by molar-refractivity contribution is 6.25. The number of anilines is 1. The molecule has 1 aliphatic rings. The van der Waals surface area contributed by atoms with E-state index in [0.29, 0.717) is 27.8 Å². The second-order valence-corrected chi connectivity index (χ2v) is 6.31. The van der Waals surface area contributed by atoms with Crippen LogP contribution in [0.4, 0.5) is 5.69 Å². The van der Waals surface area contributed by atoms with Gasteiger partial charge in [-0.15, -0.1) is 0 Å². The van der Waals surface area contributed by atoms with Crippen molar-refractivity contribution >= 4 is 34.2 Å². The largest absolute Gasteiger partial charge is 0.398 e. The SMILES string of the molecule is Nc1ccccc1C(=O)NCCN1C(=O)c2cccc3cccc(c23)C1=O. The van der Waals surface area contributed by atoms with Crippen LogP contribution in [-0.2, 0) is 0 Å². The van der Waals surface area contributed by atoms with Crippen LogP contribution in [0.2, 0.25) is 0 Å². The maximum absolute atomic E-state index is 12.8. The topological polar surface area (TPSA) is 92.5 Å². The highest BCUT2D eigenvalue weighted by Gasteiger charge is 2.32. The average molecular weight is 359 g/mol. The number of carbonyl (C=O) groups is 3. The van der Waals surface area contributed by atoms with Crippen LogP contribution in [0.3, 0.4) is 0 Å². The van der Waals surface area contributed by atoms with Gasteiger partial charge in [-0.25, -0.2) is 0 Å². The van der Waals surface area contributed by atoms with Crippen molar-refractivity contribution in [3.8, 4) is 0 Å². The molecular formula is C21H17N3O3. The van der Waals surface area contributed by atoms with Crippen LogP contribution in [0.15, 0.2) is 60.7 Å². The van der Waals surface area contributed by atoms with Gasteiger partial charge in [-0.05, 0) is 29.7 Å². The Morgan fingerprint density at radius 3 is 2.15 bits per heavy atom. The molecule has 0 aromatic heterocycles. The number of hydrogen-bond acceptors (Lipinski definition) is 4. The summed E-state index contributed by atoms with van der Waals surface area (Å²) in [5.74, 6) is -1.04. The summed E-state index contributed by atoms with van der Waals surface area (Å²) in [6.45, 7) is 0.226. The number of nitrogens with zero attached hydrogens (tertiary/aromatic N) is 1. The van der Waals surface area contributed by atoms with E-state index in [1.165, 1.54) is 4.90 Å². The summed E-state index contributed by atoms with van der Waals surface area (Å²) in [6.07, 6.45) is 0. The first-order valence-corrected chi connectivity index (χ1v) is 8.58. The summed E-state index contributed by atoms with van der Waals surface area (Å²) < 4.78 is 0. The van der Waals surface area contributed by atoms with Crippen LogP contribution in [0, 0.1) is 0 Å². The van der Waals surface area contributed by atoms with Gasteiger partial charge in [-0.1, -0.05) is 36.4 Å². The van der Waals surface area contributed by atoms with Crippen molar-refractivity contribution in [2.75, 3.05) is 18.8 Å². The summed E-state index contributed by atoms with van der Waals surface area (Å²) in [7, 11) is 0. The molecular weight excluding hydrogens is 342 g/mol. The minimum absolute atomic E-state index is 0.0842. The number of imide groups is 1. The molecule has 3 aromatic rings. The van der Waals surface area contributed by atoms with E-state index in [4.69, 9.17) is 5.73 Å². The lowest BCUT2D eigenvalue weighted by molar-refractivity contribution is 0.0607. The Bertz CT molecular complexity index is 1040. The predicted molar refractivity (Wildman–Crippen MR) is 103 cm³/mol. The van der Waals surface area contributed by atoms with Gasteiger partial charge in [0.2, 0.25) is 0 Å². The molecule has 6 nitrogen and oxygen atoms in total. The van der Waals surface area contributed by atoms with Crippen molar-refractivity contribution in [3.05, 3.63) is 77.4 Å². The minimum atomic E-state index is -0.349. The van der Waals surface area contributed by atoms with Gasteiger partial charge in [-0.2, -0.15) is 0 Å². The van der Waals surface area contributed by atoms with E-state index in [1.807, 2.05) is 12.1 Å². The molecule has 0 spiro atoms. The summed E-state index contributed by atoms with van der Waals surface area (Å²) >= 11 is 0. The zero-order valence-electron chi connectivity index (χ0n) is 14.4. The molecule has 6 heteroatoms. The number of benzene rings is 3. The first-order chi connectivity index (χ1) is 13.1. The molecule has 0 unspecified atom stereocenters. The maximum Gasteiger partial charge on any atom is 0.261 e. The van der Waals surface area contributed by atoms with E-state index in [9.17, 15) is 14.4 Å². The maximum atomic E-state index is 12.8. The third-order valence-corrected chi connectivity index (χ3v) is 4.68. The second kappa shape index (κ2) is 6.57. The third kappa shape index (κ3) is 2.81. The van der Waals surface area contributed by atoms with Gasteiger partial charge < -0.3 is 11.1 Å². The van der Waals surface area contributed by atoms with Gasteiger partial charge in [0, 0.05) is 35.3 Å². The van der Waals surface area contributed by atoms with E-state index in [0.717, 1.165) is 5.39 Å². The lowest BCUT2D eigenvalue weighted by atomic mass is 9.94. The van der Waals surface area contributed by atoms with Gasteiger partial charge >= 0.3 is 0 Å². The van der Waals surface area contributed by atoms with Crippen LogP contribution in [0.25, 0.3) is 10.8 Å². The zero-order valence-corrected chi connectivity index (χ0v) is 14.4. The lowest BCUT2D eigenvalue weighted by Gasteiger charge is -2.27. The second-order valence-electron chi connectivity index (χ2n) is 6.31. The third-order valence-electron chi connectivity index (χ3n) is 4.68. The van der Waals surface area contributed by atoms with Gasteiger partial charge in [0.1, 0.15) is 0 Å². The molecule has 0 aliphatic carbocycles. The standard InChI is InChI=1S/C21H17N3O3/c22-17-10-2-1-7-14(17)19(25)23-11-12-24-20(26)15-8-3-5-13-6-4-9-16(18(13)15)21(24)27/h1-10H,11-12,22H2,(H,23,25). The minimum Gasteiger partial charge on any atom is -0.398 e. The monoisotopic (exact) mass is 359 g/mol. The van der Waals surface area contributed by atoms with Gasteiger partial charge in [0.05, 0.1) is 5.56 Å². The smallest absolute Gasteiger partial charge is 0.261 e. The fourth-order valence-electron chi connectivity index (χ4n) is 3.36. The molecule has 1 aliphatic heterocycles.